The van der Waals surface area contributed by atoms with E-state index in [1.165, 1.54) is 25.7 Å². The summed E-state index contributed by atoms with van der Waals surface area (Å²) in [5, 5.41) is 6.70. The first kappa shape index (κ1) is 14.8. The first-order valence-corrected chi connectivity index (χ1v) is 5.82. The van der Waals surface area contributed by atoms with E-state index in [0.29, 0.717) is 0 Å². The smallest absolute Gasteiger partial charge is 0.120 e. The minimum Gasteiger partial charge on any atom is -0.361 e. The van der Waals surface area contributed by atoms with Crippen molar-refractivity contribution >= 4 is 0 Å². The van der Waals surface area contributed by atoms with Gasteiger partial charge < -0.3 is 10.1 Å². The minimum absolute atomic E-state index is 0.246. The Labute approximate surface area is 92.9 Å². The summed E-state index contributed by atoms with van der Waals surface area (Å²) < 4.78 is 5.51. The van der Waals surface area contributed by atoms with Crippen LogP contribution in [-0.4, -0.2) is 32.5 Å². The summed E-state index contributed by atoms with van der Waals surface area (Å²) in [5.41, 5.74) is 0. The Hall–Kier alpha value is -0.200. The van der Waals surface area contributed by atoms with Gasteiger partial charge in [-0.3, -0.25) is 17.0 Å². The summed E-state index contributed by atoms with van der Waals surface area (Å²) in [6.07, 6.45) is 5.51. The van der Waals surface area contributed by atoms with E-state index in [4.69, 9.17) is 4.74 Å². The first-order chi connectivity index (χ1) is 7.43. The van der Waals surface area contributed by atoms with Crippen LogP contribution in [0.1, 0.15) is 32.6 Å². The molecule has 0 aromatic rings. The second kappa shape index (κ2) is 11.9. The van der Waals surface area contributed by atoms with Gasteiger partial charge in [0.05, 0.1) is 6.61 Å². The predicted octanol–water partition coefficient (Wildman–Crippen LogP) is -0.0790. The molecule has 1 aliphatic rings. The maximum absolute atomic E-state index is 5.51. The van der Waals surface area contributed by atoms with Gasteiger partial charge in [0.15, 0.2) is 0 Å². The molecule has 6 N–H and O–H groups in total. The molecule has 0 saturated carbocycles. The second-order valence-electron chi connectivity index (χ2n) is 3.58. The minimum atomic E-state index is 0.246. The summed E-state index contributed by atoms with van der Waals surface area (Å²) in [4.78, 5) is 0. The molecule has 1 rings (SSSR count). The number of hydrogen-bond acceptors (Lipinski definition) is 5. The Balaban J connectivity index is 0.000000921. The molecule has 1 heterocycles. The van der Waals surface area contributed by atoms with E-state index in [0.717, 1.165) is 26.2 Å². The summed E-state index contributed by atoms with van der Waals surface area (Å²) >= 11 is 0. The molecule has 0 radical (unpaired) electrons. The largest absolute Gasteiger partial charge is 0.361 e. The maximum Gasteiger partial charge on any atom is 0.120 e. The first-order valence-electron chi connectivity index (χ1n) is 5.82. The molecular formula is C10H26N4O. The molecule has 1 atom stereocenters. The van der Waals surface area contributed by atoms with Crippen LogP contribution < -0.4 is 22.3 Å². The van der Waals surface area contributed by atoms with Crippen LogP contribution in [0, 0.1) is 0 Å². The van der Waals surface area contributed by atoms with Crippen molar-refractivity contribution in [3.05, 3.63) is 0 Å². The zero-order valence-electron chi connectivity index (χ0n) is 9.80. The number of hydrazine groups is 1. The molecule has 1 aliphatic heterocycles. The third-order valence-electron chi connectivity index (χ3n) is 2.33. The number of morpholine rings is 1. The highest BCUT2D eigenvalue weighted by Gasteiger charge is 2.10. The lowest BCUT2D eigenvalue weighted by molar-refractivity contribution is 0.00703. The normalized spacial score (nSPS) is 20.6. The number of ether oxygens (including phenoxy) is 1. The molecule has 0 aromatic carbocycles. The van der Waals surface area contributed by atoms with Crippen molar-refractivity contribution in [3.8, 4) is 0 Å². The fourth-order valence-electron chi connectivity index (χ4n) is 1.51. The molecule has 15 heavy (non-hydrogen) atoms. The quantitative estimate of drug-likeness (QED) is 0.285. The third-order valence-corrected chi connectivity index (χ3v) is 2.33. The van der Waals surface area contributed by atoms with Crippen molar-refractivity contribution in [1.29, 1.82) is 0 Å². The van der Waals surface area contributed by atoms with Crippen LogP contribution in [-0.2, 0) is 4.74 Å². The van der Waals surface area contributed by atoms with Crippen LogP contribution in [0.15, 0.2) is 0 Å². The monoisotopic (exact) mass is 218 g/mol. The molecular weight excluding hydrogens is 192 g/mol. The van der Waals surface area contributed by atoms with Crippen molar-refractivity contribution in [1.82, 2.24) is 10.6 Å². The van der Waals surface area contributed by atoms with Crippen molar-refractivity contribution in [2.75, 3.05) is 26.2 Å². The molecule has 5 nitrogen and oxygen atoms in total. The van der Waals surface area contributed by atoms with Crippen molar-refractivity contribution in [2.45, 2.75) is 38.8 Å². The Morgan fingerprint density at radius 2 is 2.13 bits per heavy atom. The maximum atomic E-state index is 5.51. The number of rotatable bonds is 6. The van der Waals surface area contributed by atoms with E-state index in [9.17, 15) is 0 Å². The summed E-state index contributed by atoms with van der Waals surface area (Å²) in [6, 6.07) is 0. The molecule has 0 spiro atoms. The Kier molecular flexibility index (Phi) is 11.7. The molecule has 5 heteroatoms. The Morgan fingerprint density at radius 1 is 1.33 bits per heavy atom. The van der Waals surface area contributed by atoms with Crippen LogP contribution in [0.25, 0.3) is 0 Å². The van der Waals surface area contributed by atoms with E-state index >= 15 is 0 Å². The molecule has 0 aliphatic carbocycles. The lowest BCUT2D eigenvalue weighted by Crippen LogP contribution is -2.47. The van der Waals surface area contributed by atoms with Gasteiger partial charge in [-0.05, 0) is 13.0 Å². The Morgan fingerprint density at radius 3 is 2.73 bits per heavy atom. The topological polar surface area (TPSA) is 85.3 Å². The van der Waals surface area contributed by atoms with Gasteiger partial charge in [0.2, 0.25) is 0 Å². The van der Waals surface area contributed by atoms with Gasteiger partial charge >= 0.3 is 0 Å². The van der Waals surface area contributed by atoms with Gasteiger partial charge in [-0.2, -0.15) is 0 Å². The van der Waals surface area contributed by atoms with Crippen LogP contribution in [0.3, 0.4) is 0 Å². The molecule has 1 fully saturated rings. The number of nitrogens with two attached hydrogens (primary N) is 2. The van der Waals surface area contributed by atoms with Crippen molar-refractivity contribution in [3.63, 3.8) is 0 Å². The van der Waals surface area contributed by atoms with Crippen molar-refractivity contribution in [2.24, 2.45) is 11.7 Å². The van der Waals surface area contributed by atoms with Crippen LogP contribution >= 0.6 is 0 Å². The van der Waals surface area contributed by atoms with Crippen molar-refractivity contribution < 1.29 is 4.74 Å². The lowest BCUT2D eigenvalue weighted by atomic mass is 10.2. The van der Waals surface area contributed by atoms with Gasteiger partial charge in [-0.1, -0.05) is 26.2 Å². The predicted molar refractivity (Wildman–Crippen MR) is 63.1 cm³/mol. The number of unbranched alkanes of at least 4 members (excludes halogenated alkanes) is 3. The van der Waals surface area contributed by atoms with Gasteiger partial charge in [0.25, 0.3) is 0 Å². The average Bonchev–Trinajstić information content (AvgIpc) is 2.33. The summed E-state index contributed by atoms with van der Waals surface area (Å²) in [7, 11) is 0. The summed E-state index contributed by atoms with van der Waals surface area (Å²) in [6.45, 7) is 6.11. The molecule has 0 bridgehead atoms. The highest BCUT2D eigenvalue weighted by molar-refractivity contribution is 4.64. The number of nitrogens with one attached hydrogen (secondary N) is 2. The zero-order valence-corrected chi connectivity index (χ0v) is 9.80. The zero-order chi connectivity index (χ0) is 11.4. The van der Waals surface area contributed by atoms with Crippen LogP contribution in [0.2, 0.25) is 0 Å². The van der Waals surface area contributed by atoms with Gasteiger partial charge in [0.1, 0.15) is 6.23 Å². The Bertz CT molecular complexity index is 118. The molecule has 0 aromatic heterocycles. The lowest BCUT2D eigenvalue weighted by Gasteiger charge is -2.24. The molecule has 1 saturated heterocycles. The molecule has 92 valence electrons. The summed E-state index contributed by atoms with van der Waals surface area (Å²) in [5.74, 6) is 8.00. The third kappa shape index (κ3) is 8.77. The van der Waals surface area contributed by atoms with Gasteiger partial charge in [-0.15, -0.1) is 0 Å². The average molecular weight is 218 g/mol. The standard InChI is InChI=1S/C10H22N2O.H4N2/c1-2-3-4-5-6-12-10-9-11-7-8-13-10;1-2/h10-12H,2-9H2,1H3;1-2H2. The van der Waals surface area contributed by atoms with E-state index < -0.39 is 0 Å². The van der Waals surface area contributed by atoms with Gasteiger partial charge in [-0.25, -0.2) is 0 Å². The van der Waals surface area contributed by atoms with Gasteiger partial charge in [0, 0.05) is 13.1 Å². The van der Waals surface area contributed by atoms with Crippen LogP contribution in [0.4, 0.5) is 0 Å². The fourth-order valence-corrected chi connectivity index (χ4v) is 1.51. The van der Waals surface area contributed by atoms with E-state index in [1.807, 2.05) is 0 Å². The number of hydrogen-bond donors (Lipinski definition) is 4. The van der Waals surface area contributed by atoms with Crippen LogP contribution in [0.5, 0.6) is 0 Å². The highest BCUT2D eigenvalue weighted by Crippen LogP contribution is 1.98. The van der Waals surface area contributed by atoms with E-state index in [2.05, 4.69) is 29.2 Å². The SMILES string of the molecule is CCCCCCNC1CNCCO1.NN. The molecule has 0 amide bonds. The second-order valence-corrected chi connectivity index (χ2v) is 3.58. The fraction of sp³-hybridized carbons (Fsp3) is 1.00. The molecule has 1 unspecified atom stereocenters. The van der Waals surface area contributed by atoms with E-state index in [1.54, 1.807) is 0 Å². The highest BCUT2D eigenvalue weighted by atomic mass is 16.5. The van der Waals surface area contributed by atoms with E-state index in [-0.39, 0.29) is 6.23 Å².